The predicted molar refractivity (Wildman–Crippen MR) is 81.6 cm³/mol. The van der Waals surface area contributed by atoms with Crippen LogP contribution in [-0.2, 0) is 7.05 Å². The second-order valence-corrected chi connectivity index (χ2v) is 4.76. The highest BCUT2D eigenvalue weighted by molar-refractivity contribution is 5.41. The topological polar surface area (TPSA) is 29.9 Å². The second-order valence-electron chi connectivity index (χ2n) is 4.76. The zero-order valence-corrected chi connectivity index (χ0v) is 11.4. The molecule has 3 rings (SSSR count). The van der Waals surface area contributed by atoms with Crippen LogP contribution < -0.4 is 5.32 Å². The third-order valence-electron chi connectivity index (χ3n) is 3.36. The Morgan fingerprint density at radius 3 is 1.90 bits per heavy atom. The molecule has 0 bridgehead atoms. The number of benzene rings is 2. The summed E-state index contributed by atoms with van der Waals surface area (Å²) in [6, 6.07) is 20.9. The molecule has 1 N–H and O–H groups in total. The van der Waals surface area contributed by atoms with Gasteiger partial charge in [0.25, 0.3) is 0 Å². The van der Waals surface area contributed by atoms with Crippen molar-refractivity contribution in [3.8, 4) is 0 Å². The lowest BCUT2D eigenvalue weighted by Gasteiger charge is -2.20. The lowest BCUT2D eigenvalue weighted by Crippen LogP contribution is -2.14. The molecule has 2 aromatic carbocycles. The van der Waals surface area contributed by atoms with E-state index in [-0.39, 0.29) is 6.04 Å². The van der Waals surface area contributed by atoms with E-state index in [0.29, 0.717) is 0 Å². The van der Waals surface area contributed by atoms with Crippen molar-refractivity contribution < 1.29 is 0 Å². The van der Waals surface area contributed by atoms with Crippen LogP contribution >= 0.6 is 0 Å². The number of hydrogen-bond acceptors (Lipinski definition) is 2. The van der Waals surface area contributed by atoms with Crippen molar-refractivity contribution >= 4 is 5.95 Å². The maximum absolute atomic E-state index is 4.36. The van der Waals surface area contributed by atoms with E-state index in [2.05, 4.69) is 58.8 Å². The van der Waals surface area contributed by atoms with Gasteiger partial charge in [0.2, 0.25) is 5.95 Å². The zero-order chi connectivity index (χ0) is 13.8. The molecule has 0 aliphatic rings. The van der Waals surface area contributed by atoms with E-state index >= 15 is 0 Å². The smallest absolute Gasteiger partial charge is 0.203 e. The minimum atomic E-state index is 0.0958. The molecule has 0 amide bonds. The molecule has 1 heterocycles. The number of aryl methyl sites for hydroxylation is 1. The first-order chi connectivity index (χ1) is 9.84. The second kappa shape index (κ2) is 5.61. The number of hydrogen-bond donors (Lipinski definition) is 1. The van der Waals surface area contributed by atoms with E-state index in [9.17, 15) is 0 Å². The summed E-state index contributed by atoms with van der Waals surface area (Å²) in [6.45, 7) is 0. The fourth-order valence-corrected chi connectivity index (χ4v) is 2.28. The van der Waals surface area contributed by atoms with Crippen molar-refractivity contribution in [3.05, 3.63) is 84.2 Å². The molecule has 20 heavy (non-hydrogen) atoms. The Kier molecular flexibility index (Phi) is 3.50. The largest absolute Gasteiger partial charge is 0.345 e. The normalized spacial score (nSPS) is 10.7. The van der Waals surface area contributed by atoms with Crippen LogP contribution in [0.25, 0.3) is 0 Å². The number of imidazole rings is 1. The van der Waals surface area contributed by atoms with Crippen LogP contribution in [0.15, 0.2) is 73.1 Å². The number of nitrogens with one attached hydrogen (secondary N) is 1. The first-order valence-corrected chi connectivity index (χ1v) is 6.68. The maximum Gasteiger partial charge on any atom is 0.203 e. The average Bonchev–Trinajstić information content (AvgIpc) is 2.92. The highest BCUT2D eigenvalue weighted by atomic mass is 15.2. The standard InChI is InChI=1S/C17H17N3/c1-20-13-12-18-17(20)19-16(14-8-4-2-5-9-14)15-10-6-3-7-11-15/h2-13,16H,1H3,(H,18,19). The minimum absolute atomic E-state index is 0.0958. The lowest BCUT2D eigenvalue weighted by molar-refractivity contribution is 0.852. The van der Waals surface area contributed by atoms with E-state index in [0.717, 1.165) is 5.95 Å². The molecule has 100 valence electrons. The molecule has 1 aromatic heterocycles. The monoisotopic (exact) mass is 263 g/mol. The Balaban J connectivity index is 1.98. The van der Waals surface area contributed by atoms with Gasteiger partial charge in [0.1, 0.15) is 0 Å². The number of rotatable bonds is 4. The lowest BCUT2D eigenvalue weighted by atomic mass is 9.99. The van der Waals surface area contributed by atoms with Crippen LogP contribution in [0, 0.1) is 0 Å². The highest BCUT2D eigenvalue weighted by Crippen LogP contribution is 2.25. The van der Waals surface area contributed by atoms with Gasteiger partial charge in [0.15, 0.2) is 0 Å². The summed E-state index contributed by atoms with van der Waals surface area (Å²) in [5, 5.41) is 3.51. The van der Waals surface area contributed by atoms with Crippen LogP contribution in [0.4, 0.5) is 5.95 Å². The Labute approximate surface area is 118 Å². The van der Waals surface area contributed by atoms with Crippen molar-refractivity contribution in [2.75, 3.05) is 5.32 Å². The summed E-state index contributed by atoms with van der Waals surface area (Å²) in [5.74, 6) is 0.864. The average molecular weight is 263 g/mol. The molecule has 0 aliphatic heterocycles. The molecule has 0 unspecified atom stereocenters. The van der Waals surface area contributed by atoms with Crippen molar-refractivity contribution in [3.63, 3.8) is 0 Å². The summed E-state index contributed by atoms with van der Waals surface area (Å²) < 4.78 is 1.98. The van der Waals surface area contributed by atoms with E-state index in [1.807, 2.05) is 29.9 Å². The zero-order valence-electron chi connectivity index (χ0n) is 11.4. The van der Waals surface area contributed by atoms with Crippen LogP contribution in [-0.4, -0.2) is 9.55 Å². The molecule has 3 aromatic rings. The van der Waals surface area contributed by atoms with E-state index in [1.165, 1.54) is 11.1 Å². The molecule has 3 nitrogen and oxygen atoms in total. The fraction of sp³-hybridized carbons (Fsp3) is 0.118. The van der Waals surface area contributed by atoms with Crippen molar-refractivity contribution in [1.82, 2.24) is 9.55 Å². The summed E-state index contributed by atoms with van der Waals surface area (Å²) in [5.41, 5.74) is 2.45. The van der Waals surface area contributed by atoms with Gasteiger partial charge in [-0.1, -0.05) is 60.7 Å². The van der Waals surface area contributed by atoms with Crippen LogP contribution in [0.2, 0.25) is 0 Å². The van der Waals surface area contributed by atoms with Crippen LogP contribution in [0.5, 0.6) is 0 Å². The van der Waals surface area contributed by atoms with E-state index in [1.54, 1.807) is 6.20 Å². The third-order valence-corrected chi connectivity index (χ3v) is 3.36. The van der Waals surface area contributed by atoms with Gasteiger partial charge in [-0.25, -0.2) is 4.98 Å². The van der Waals surface area contributed by atoms with Gasteiger partial charge in [-0.3, -0.25) is 0 Å². The molecule has 3 heteroatoms. The van der Waals surface area contributed by atoms with Gasteiger partial charge in [0, 0.05) is 19.4 Å². The molecular formula is C17H17N3. The molecule has 0 saturated heterocycles. The van der Waals surface area contributed by atoms with Gasteiger partial charge in [-0.2, -0.15) is 0 Å². The summed E-state index contributed by atoms with van der Waals surface area (Å²) >= 11 is 0. The molecule has 0 atom stereocenters. The van der Waals surface area contributed by atoms with Gasteiger partial charge in [0.05, 0.1) is 6.04 Å². The third kappa shape index (κ3) is 2.57. The molecule has 0 saturated carbocycles. The predicted octanol–water partition coefficient (Wildman–Crippen LogP) is 3.62. The van der Waals surface area contributed by atoms with Crippen LogP contribution in [0.1, 0.15) is 17.2 Å². The van der Waals surface area contributed by atoms with Gasteiger partial charge < -0.3 is 9.88 Å². The first-order valence-electron chi connectivity index (χ1n) is 6.68. The summed E-state index contributed by atoms with van der Waals surface area (Å²) in [4.78, 5) is 4.36. The summed E-state index contributed by atoms with van der Waals surface area (Å²) in [7, 11) is 1.99. The van der Waals surface area contributed by atoms with Gasteiger partial charge in [-0.05, 0) is 11.1 Å². The van der Waals surface area contributed by atoms with Gasteiger partial charge >= 0.3 is 0 Å². The Morgan fingerprint density at radius 1 is 0.900 bits per heavy atom. The van der Waals surface area contributed by atoms with Crippen LogP contribution in [0.3, 0.4) is 0 Å². The highest BCUT2D eigenvalue weighted by Gasteiger charge is 2.15. The number of aromatic nitrogens is 2. The number of anilines is 1. The maximum atomic E-state index is 4.36. The van der Waals surface area contributed by atoms with E-state index in [4.69, 9.17) is 0 Å². The molecule has 0 radical (unpaired) electrons. The molecule has 0 aliphatic carbocycles. The molecule has 0 fully saturated rings. The Bertz CT molecular complexity index is 619. The first kappa shape index (κ1) is 12.5. The fourth-order valence-electron chi connectivity index (χ4n) is 2.28. The molecule has 0 spiro atoms. The van der Waals surface area contributed by atoms with Gasteiger partial charge in [-0.15, -0.1) is 0 Å². The Hall–Kier alpha value is -2.55. The van der Waals surface area contributed by atoms with E-state index < -0.39 is 0 Å². The Morgan fingerprint density at radius 2 is 1.45 bits per heavy atom. The molecular weight excluding hydrogens is 246 g/mol. The minimum Gasteiger partial charge on any atom is -0.345 e. The van der Waals surface area contributed by atoms with Crippen molar-refractivity contribution in [2.24, 2.45) is 7.05 Å². The van der Waals surface area contributed by atoms with Crippen molar-refractivity contribution in [1.29, 1.82) is 0 Å². The van der Waals surface area contributed by atoms with Crippen molar-refractivity contribution in [2.45, 2.75) is 6.04 Å². The quantitative estimate of drug-likeness (QED) is 0.779. The summed E-state index contributed by atoms with van der Waals surface area (Å²) in [6.07, 6.45) is 3.74. The SMILES string of the molecule is Cn1ccnc1NC(c1ccccc1)c1ccccc1. The number of nitrogens with zero attached hydrogens (tertiary/aromatic N) is 2.